The van der Waals surface area contributed by atoms with Crippen molar-refractivity contribution in [3.8, 4) is 5.95 Å². The highest BCUT2D eigenvalue weighted by Crippen LogP contribution is 2.40. The van der Waals surface area contributed by atoms with Crippen molar-refractivity contribution in [2.45, 2.75) is 44.9 Å². The topological polar surface area (TPSA) is 92.7 Å². The van der Waals surface area contributed by atoms with E-state index in [0.29, 0.717) is 29.8 Å². The van der Waals surface area contributed by atoms with Crippen molar-refractivity contribution < 1.29 is 4.79 Å². The van der Waals surface area contributed by atoms with Gasteiger partial charge in [0.2, 0.25) is 11.9 Å². The molecule has 1 aliphatic carbocycles. The van der Waals surface area contributed by atoms with E-state index in [0.717, 1.165) is 24.1 Å². The molecule has 144 valence electrons. The van der Waals surface area contributed by atoms with Gasteiger partial charge in [0.05, 0.1) is 11.6 Å². The Morgan fingerprint density at radius 1 is 1.29 bits per heavy atom. The Morgan fingerprint density at radius 3 is 2.68 bits per heavy atom. The fourth-order valence-corrected chi connectivity index (χ4v) is 3.36. The molecule has 2 heterocycles. The van der Waals surface area contributed by atoms with E-state index in [1.807, 2.05) is 43.3 Å². The maximum atomic E-state index is 13.0. The van der Waals surface area contributed by atoms with Crippen molar-refractivity contribution in [2.75, 3.05) is 5.32 Å². The minimum absolute atomic E-state index is 0.104. The van der Waals surface area contributed by atoms with Gasteiger partial charge in [0.25, 0.3) is 5.56 Å². The van der Waals surface area contributed by atoms with Crippen LogP contribution in [-0.4, -0.2) is 25.7 Å². The first-order valence-electron chi connectivity index (χ1n) is 9.59. The third-order valence-corrected chi connectivity index (χ3v) is 4.96. The van der Waals surface area contributed by atoms with Crippen molar-refractivity contribution in [1.82, 2.24) is 19.7 Å². The van der Waals surface area contributed by atoms with E-state index in [1.54, 1.807) is 6.92 Å². The molecule has 2 N–H and O–H groups in total. The van der Waals surface area contributed by atoms with Crippen LogP contribution in [0, 0.1) is 6.92 Å². The molecular weight excluding hydrogens is 354 g/mol. The standard InChI is InChI=1S/C21H23N5O2/c1-3-16(14-7-5-4-6-8-14)20(28)23-18-12-17(15-9-10-15)25-26(18)21-22-13(2)11-19(27)24-21/h4-8,11-12,15-16H,3,9-10H2,1-2H3,(H,23,28)(H,22,24,27)/t16-/m1/s1. The van der Waals surface area contributed by atoms with Gasteiger partial charge >= 0.3 is 0 Å². The minimum atomic E-state index is -0.265. The van der Waals surface area contributed by atoms with Crippen LogP contribution in [0.3, 0.4) is 0 Å². The number of aromatic nitrogens is 4. The number of carbonyl (C=O) groups is 1. The van der Waals surface area contributed by atoms with Crippen LogP contribution in [0.2, 0.25) is 0 Å². The molecule has 7 nitrogen and oxygen atoms in total. The van der Waals surface area contributed by atoms with E-state index < -0.39 is 0 Å². The van der Waals surface area contributed by atoms with Gasteiger partial charge in [-0.2, -0.15) is 9.78 Å². The maximum Gasteiger partial charge on any atom is 0.252 e. The molecule has 0 bridgehead atoms. The monoisotopic (exact) mass is 377 g/mol. The normalized spacial score (nSPS) is 14.6. The number of hydrogen-bond acceptors (Lipinski definition) is 4. The number of carbonyl (C=O) groups excluding carboxylic acids is 1. The molecule has 0 aliphatic heterocycles. The molecule has 1 aromatic carbocycles. The molecule has 1 fully saturated rings. The Kier molecular flexibility index (Phi) is 4.81. The first kappa shape index (κ1) is 18.2. The van der Waals surface area contributed by atoms with Crippen molar-refractivity contribution >= 4 is 11.7 Å². The molecule has 0 saturated heterocycles. The molecule has 7 heteroatoms. The first-order valence-corrected chi connectivity index (χ1v) is 9.59. The summed E-state index contributed by atoms with van der Waals surface area (Å²) in [5.74, 6) is 0.866. The van der Waals surface area contributed by atoms with Gasteiger partial charge in [-0.15, -0.1) is 0 Å². The lowest BCUT2D eigenvalue weighted by Gasteiger charge is -2.16. The second kappa shape index (κ2) is 7.42. The summed E-state index contributed by atoms with van der Waals surface area (Å²) in [5.41, 5.74) is 2.22. The number of amides is 1. The predicted octanol–water partition coefficient (Wildman–Crippen LogP) is 3.27. The molecule has 2 aromatic heterocycles. The Morgan fingerprint density at radius 2 is 2.04 bits per heavy atom. The maximum absolute atomic E-state index is 13.0. The zero-order valence-corrected chi connectivity index (χ0v) is 16.0. The van der Waals surface area contributed by atoms with Gasteiger partial charge in [-0.1, -0.05) is 37.3 Å². The van der Waals surface area contributed by atoms with Crippen molar-refractivity contribution in [3.63, 3.8) is 0 Å². The highest BCUT2D eigenvalue weighted by Gasteiger charge is 2.29. The van der Waals surface area contributed by atoms with Crippen LogP contribution in [0.15, 0.2) is 47.3 Å². The molecule has 0 spiro atoms. The zero-order chi connectivity index (χ0) is 19.7. The molecule has 28 heavy (non-hydrogen) atoms. The van der Waals surface area contributed by atoms with Gasteiger partial charge in [0.15, 0.2) is 0 Å². The van der Waals surface area contributed by atoms with Crippen LogP contribution >= 0.6 is 0 Å². The average Bonchev–Trinajstić information content (AvgIpc) is 3.43. The minimum Gasteiger partial charge on any atom is -0.310 e. The van der Waals surface area contributed by atoms with Gasteiger partial charge in [0.1, 0.15) is 5.82 Å². The first-order chi connectivity index (χ1) is 13.5. The number of aryl methyl sites for hydroxylation is 1. The molecule has 1 amide bonds. The van der Waals surface area contributed by atoms with Crippen LogP contribution < -0.4 is 10.9 Å². The summed E-state index contributed by atoms with van der Waals surface area (Å²) in [6.45, 7) is 3.74. The van der Waals surface area contributed by atoms with Crippen LogP contribution in [0.25, 0.3) is 5.95 Å². The zero-order valence-electron chi connectivity index (χ0n) is 16.0. The molecule has 1 saturated carbocycles. The van der Waals surface area contributed by atoms with Gasteiger partial charge < -0.3 is 5.32 Å². The van der Waals surface area contributed by atoms with Gasteiger partial charge in [-0.25, -0.2) is 4.98 Å². The third kappa shape index (κ3) is 3.74. The molecular formula is C21H23N5O2. The number of anilines is 1. The lowest BCUT2D eigenvalue weighted by Crippen LogP contribution is -2.23. The number of aromatic amines is 1. The van der Waals surface area contributed by atoms with Crippen molar-refractivity contribution in [1.29, 1.82) is 0 Å². The van der Waals surface area contributed by atoms with Gasteiger partial charge in [-0.3, -0.25) is 14.6 Å². The number of rotatable bonds is 6. The van der Waals surface area contributed by atoms with Gasteiger partial charge in [0, 0.05) is 23.7 Å². The molecule has 1 atom stereocenters. The highest BCUT2D eigenvalue weighted by atomic mass is 16.2. The second-order valence-corrected chi connectivity index (χ2v) is 7.21. The second-order valence-electron chi connectivity index (χ2n) is 7.21. The summed E-state index contributed by atoms with van der Waals surface area (Å²) in [5, 5.41) is 7.60. The van der Waals surface area contributed by atoms with E-state index in [2.05, 4.69) is 20.4 Å². The Labute approximate surface area is 162 Å². The Hall–Kier alpha value is -3.22. The van der Waals surface area contributed by atoms with Crippen molar-refractivity contribution in [3.05, 3.63) is 69.8 Å². The number of nitrogens with zero attached hydrogens (tertiary/aromatic N) is 3. The Bertz CT molecular complexity index is 1050. The lowest BCUT2D eigenvalue weighted by molar-refractivity contribution is -0.117. The predicted molar refractivity (Wildman–Crippen MR) is 107 cm³/mol. The lowest BCUT2D eigenvalue weighted by atomic mass is 9.96. The number of H-pyrrole nitrogens is 1. The number of benzene rings is 1. The van der Waals surface area contributed by atoms with Crippen LogP contribution in [0.1, 0.15) is 55.0 Å². The summed E-state index contributed by atoms with van der Waals surface area (Å²) in [4.78, 5) is 32.0. The van der Waals surface area contributed by atoms with E-state index in [9.17, 15) is 9.59 Å². The third-order valence-electron chi connectivity index (χ3n) is 4.96. The fraction of sp³-hybridized carbons (Fsp3) is 0.333. The van der Waals surface area contributed by atoms with E-state index >= 15 is 0 Å². The highest BCUT2D eigenvalue weighted by molar-refractivity contribution is 5.95. The molecule has 0 unspecified atom stereocenters. The number of nitrogens with one attached hydrogen (secondary N) is 2. The fourth-order valence-electron chi connectivity index (χ4n) is 3.36. The largest absolute Gasteiger partial charge is 0.310 e. The van der Waals surface area contributed by atoms with Crippen molar-refractivity contribution in [2.24, 2.45) is 0 Å². The molecule has 3 aromatic rings. The van der Waals surface area contributed by atoms with E-state index in [-0.39, 0.29) is 17.4 Å². The van der Waals surface area contributed by atoms with Crippen LogP contribution in [-0.2, 0) is 4.79 Å². The average molecular weight is 377 g/mol. The molecule has 1 aliphatic rings. The number of hydrogen-bond donors (Lipinski definition) is 2. The smallest absolute Gasteiger partial charge is 0.252 e. The van der Waals surface area contributed by atoms with E-state index in [4.69, 9.17) is 0 Å². The molecule has 4 rings (SSSR count). The van der Waals surface area contributed by atoms with E-state index in [1.165, 1.54) is 10.7 Å². The summed E-state index contributed by atoms with van der Waals surface area (Å²) < 4.78 is 1.53. The van der Waals surface area contributed by atoms with Crippen LogP contribution in [0.5, 0.6) is 0 Å². The van der Waals surface area contributed by atoms with Crippen LogP contribution in [0.4, 0.5) is 5.82 Å². The SMILES string of the molecule is CC[C@@H](C(=O)Nc1cc(C2CC2)nn1-c1nc(C)cc(=O)[nH]1)c1ccccc1. The quantitative estimate of drug-likeness (QED) is 0.689. The summed E-state index contributed by atoms with van der Waals surface area (Å²) in [6, 6.07) is 13.0. The molecule has 0 radical (unpaired) electrons. The van der Waals surface area contributed by atoms with Gasteiger partial charge in [-0.05, 0) is 31.7 Å². The summed E-state index contributed by atoms with van der Waals surface area (Å²) in [6.07, 6.45) is 2.85. The Balaban J connectivity index is 1.68. The summed E-state index contributed by atoms with van der Waals surface area (Å²) >= 11 is 0. The summed E-state index contributed by atoms with van der Waals surface area (Å²) in [7, 11) is 0.